The third-order valence-corrected chi connectivity index (χ3v) is 4.85. The quantitative estimate of drug-likeness (QED) is 0.560. The van der Waals surface area contributed by atoms with E-state index in [9.17, 15) is 5.11 Å². The molecule has 0 saturated heterocycles. The summed E-state index contributed by atoms with van der Waals surface area (Å²) in [5.41, 5.74) is 2.65. The van der Waals surface area contributed by atoms with Crippen molar-refractivity contribution in [2.75, 3.05) is 11.9 Å². The number of rotatable bonds is 5. The van der Waals surface area contributed by atoms with Crippen molar-refractivity contribution < 1.29 is 5.11 Å². The molecule has 3 heterocycles. The lowest BCUT2D eigenvalue weighted by Gasteiger charge is -2.10. The Balaban J connectivity index is 1.47. The number of benzene rings is 1. The first-order valence-corrected chi connectivity index (χ1v) is 8.82. The summed E-state index contributed by atoms with van der Waals surface area (Å²) in [6, 6.07) is 11.1. The second-order valence-corrected chi connectivity index (χ2v) is 6.84. The average Bonchev–Trinajstić information content (AvgIpc) is 3.20. The fourth-order valence-electron chi connectivity index (χ4n) is 2.42. The highest BCUT2D eigenvalue weighted by molar-refractivity contribution is 7.20. The predicted octanol–water partition coefficient (Wildman–Crippen LogP) is 3.65. The van der Waals surface area contributed by atoms with Crippen molar-refractivity contribution in [3.63, 3.8) is 0 Å². The van der Waals surface area contributed by atoms with Gasteiger partial charge in [0.05, 0.1) is 18.0 Å². The molecule has 0 aliphatic rings. The predicted molar refractivity (Wildman–Crippen MR) is 99.0 cm³/mol. The molecule has 0 aliphatic carbocycles. The van der Waals surface area contributed by atoms with Crippen LogP contribution in [0.15, 0.2) is 55.0 Å². The number of hydrogen-bond donors (Lipinski definition) is 2. The first-order chi connectivity index (χ1) is 12.2. The molecule has 126 valence electrons. The molecule has 0 spiro atoms. The van der Waals surface area contributed by atoms with Crippen LogP contribution >= 0.6 is 22.9 Å². The summed E-state index contributed by atoms with van der Waals surface area (Å²) in [5.74, 6) is 0. The number of fused-ring (bicyclic) bond motifs is 1. The molecule has 1 unspecified atom stereocenters. The molecule has 8 heteroatoms. The largest absolute Gasteiger partial charge is 0.387 e. The Hall–Kier alpha value is -2.48. The third kappa shape index (κ3) is 3.48. The zero-order valence-corrected chi connectivity index (χ0v) is 14.6. The van der Waals surface area contributed by atoms with Crippen LogP contribution < -0.4 is 5.32 Å². The molecule has 0 bridgehead atoms. The minimum atomic E-state index is -0.621. The van der Waals surface area contributed by atoms with Crippen molar-refractivity contribution in [2.24, 2.45) is 0 Å². The number of nitrogens with one attached hydrogen (secondary N) is 1. The Morgan fingerprint density at radius 2 is 1.92 bits per heavy atom. The second kappa shape index (κ2) is 6.79. The summed E-state index contributed by atoms with van der Waals surface area (Å²) in [7, 11) is 0. The van der Waals surface area contributed by atoms with Gasteiger partial charge < -0.3 is 10.4 Å². The zero-order chi connectivity index (χ0) is 17.2. The molecular weight excluding hydrogens is 358 g/mol. The third-order valence-electron chi connectivity index (χ3n) is 3.72. The van der Waals surface area contributed by atoms with E-state index < -0.39 is 6.10 Å². The lowest BCUT2D eigenvalue weighted by atomic mass is 10.1. The molecule has 3 aromatic heterocycles. The molecule has 0 radical (unpaired) electrons. The molecule has 25 heavy (non-hydrogen) atoms. The number of anilines is 1. The van der Waals surface area contributed by atoms with Gasteiger partial charge in [-0.05, 0) is 29.8 Å². The van der Waals surface area contributed by atoms with Crippen LogP contribution in [0.4, 0.5) is 5.13 Å². The van der Waals surface area contributed by atoms with Crippen LogP contribution in [-0.2, 0) is 0 Å². The van der Waals surface area contributed by atoms with Gasteiger partial charge in [0.1, 0.15) is 0 Å². The maximum Gasteiger partial charge on any atom is 0.214 e. The lowest BCUT2D eigenvalue weighted by molar-refractivity contribution is 0.191. The highest BCUT2D eigenvalue weighted by Crippen LogP contribution is 2.25. The van der Waals surface area contributed by atoms with Gasteiger partial charge in [-0.1, -0.05) is 35.1 Å². The smallest absolute Gasteiger partial charge is 0.214 e. The summed E-state index contributed by atoms with van der Waals surface area (Å²) in [6.07, 6.45) is 4.58. The molecule has 1 aromatic carbocycles. The molecule has 0 saturated carbocycles. The first-order valence-electron chi connectivity index (χ1n) is 7.63. The van der Waals surface area contributed by atoms with Gasteiger partial charge in [0.25, 0.3) is 0 Å². The highest BCUT2D eigenvalue weighted by Gasteiger charge is 2.12. The van der Waals surface area contributed by atoms with Crippen molar-refractivity contribution in [2.45, 2.75) is 6.10 Å². The number of halogens is 1. The number of hydrogen-bond acceptors (Lipinski definition) is 6. The summed E-state index contributed by atoms with van der Waals surface area (Å²) in [6.45, 7) is 0.366. The van der Waals surface area contributed by atoms with Crippen LogP contribution in [0.3, 0.4) is 0 Å². The molecule has 1 atom stereocenters. The Bertz CT molecular complexity index is 952. The highest BCUT2D eigenvalue weighted by atomic mass is 35.5. The molecule has 0 fully saturated rings. The Kier molecular flexibility index (Phi) is 4.35. The van der Waals surface area contributed by atoms with Crippen molar-refractivity contribution in [1.29, 1.82) is 0 Å². The van der Waals surface area contributed by atoms with Gasteiger partial charge in [-0.15, -0.1) is 5.10 Å². The minimum absolute atomic E-state index is 0.366. The average molecular weight is 372 g/mol. The monoisotopic (exact) mass is 371 g/mol. The van der Waals surface area contributed by atoms with Gasteiger partial charge in [0.15, 0.2) is 0 Å². The van der Waals surface area contributed by atoms with Crippen LogP contribution in [0.5, 0.6) is 0 Å². The van der Waals surface area contributed by atoms with Crippen molar-refractivity contribution in [1.82, 2.24) is 19.6 Å². The minimum Gasteiger partial charge on any atom is -0.387 e. The van der Waals surface area contributed by atoms with E-state index in [1.165, 1.54) is 11.3 Å². The van der Waals surface area contributed by atoms with Crippen LogP contribution in [0.25, 0.3) is 16.2 Å². The van der Waals surface area contributed by atoms with Gasteiger partial charge in [-0.2, -0.15) is 0 Å². The van der Waals surface area contributed by atoms with E-state index in [0.29, 0.717) is 16.7 Å². The molecule has 0 amide bonds. The van der Waals surface area contributed by atoms with Crippen LogP contribution in [-0.4, -0.2) is 31.2 Å². The normalized spacial score (nSPS) is 12.4. The summed E-state index contributed by atoms with van der Waals surface area (Å²) >= 11 is 7.35. The van der Waals surface area contributed by atoms with E-state index in [0.717, 1.165) is 21.8 Å². The second-order valence-electron chi connectivity index (χ2n) is 5.44. The number of pyridine rings is 1. The van der Waals surface area contributed by atoms with E-state index in [1.807, 2.05) is 30.5 Å². The molecule has 0 aliphatic heterocycles. The lowest BCUT2D eigenvalue weighted by Crippen LogP contribution is -2.12. The number of aromatic nitrogens is 4. The van der Waals surface area contributed by atoms with Crippen molar-refractivity contribution in [3.8, 4) is 11.3 Å². The summed E-state index contributed by atoms with van der Waals surface area (Å²) in [5, 5.41) is 19.2. The Labute approximate surface area is 152 Å². The fraction of sp³-hybridized carbons (Fsp3) is 0.118. The fourth-order valence-corrected chi connectivity index (χ4v) is 3.33. The summed E-state index contributed by atoms with van der Waals surface area (Å²) in [4.78, 5) is 9.31. The maximum atomic E-state index is 10.2. The molecular formula is C17H14ClN5OS. The van der Waals surface area contributed by atoms with Crippen LogP contribution in [0.1, 0.15) is 11.7 Å². The number of aliphatic hydroxyl groups is 1. The number of aliphatic hydroxyl groups excluding tert-OH is 1. The van der Waals surface area contributed by atoms with Crippen LogP contribution in [0, 0.1) is 0 Å². The number of imidazole rings is 1. The van der Waals surface area contributed by atoms with Gasteiger partial charge in [-0.25, -0.2) is 9.50 Å². The standard InChI is InChI=1S/C17H14ClN5OS/c18-13-3-1-11(2-4-13)14-10-23-17(21-14)25-16(22-23)20-9-15(24)12-5-7-19-8-6-12/h1-8,10,15,24H,9H2,(H,20,22). The maximum absolute atomic E-state index is 10.2. The Morgan fingerprint density at radius 3 is 2.64 bits per heavy atom. The Morgan fingerprint density at radius 1 is 1.16 bits per heavy atom. The number of nitrogens with zero attached hydrogens (tertiary/aromatic N) is 4. The van der Waals surface area contributed by atoms with E-state index >= 15 is 0 Å². The zero-order valence-electron chi connectivity index (χ0n) is 13.0. The topological polar surface area (TPSA) is 75.3 Å². The molecule has 4 aromatic rings. The first kappa shape index (κ1) is 16.0. The molecule has 2 N–H and O–H groups in total. The van der Waals surface area contributed by atoms with E-state index in [-0.39, 0.29) is 0 Å². The van der Waals surface area contributed by atoms with E-state index in [2.05, 4.69) is 20.4 Å². The van der Waals surface area contributed by atoms with Crippen LogP contribution in [0.2, 0.25) is 5.02 Å². The van der Waals surface area contributed by atoms with Gasteiger partial charge in [0.2, 0.25) is 10.1 Å². The van der Waals surface area contributed by atoms with Crippen molar-refractivity contribution in [3.05, 3.63) is 65.6 Å². The van der Waals surface area contributed by atoms with E-state index in [4.69, 9.17) is 11.6 Å². The van der Waals surface area contributed by atoms with Gasteiger partial charge in [0, 0.05) is 29.5 Å². The van der Waals surface area contributed by atoms with Gasteiger partial charge in [-0.3, -0.25) is 4.98 Å². The van der Waals surface area contributed by atoms with Crippen molar-refractivity contribution >= 4 is 33.0 Å². The molecule has 4 rings (SSSR count). The SMILES string of the molecule is OC(CNc1nn2cc(-c3ccc(Cl)cc3)nc2s1)c1ccncc1. The summed E-state index contributed by atoms with van der Waals surface area (Å²) < 4.78 is 1.73. The van der Waals surface area contributed by atoms with E-state index in [1.54, 1.807) is 29.0 Å². The van der Waals surface area contributed by atoms with Gasteiger partial charge >= 0.3 is 0 Å². The molecule has 6 nitrogen and oxygen atoms in total.